The van der Waals surface area contributed by atoms with Gasteiger partial charge in [0.15, 0.2) is 11.5 Å². The van der Waals surface area contributed by atoms with Gasteiger partial charge in [0.25, 0.3) is 9.05 Å². The zero-order valence-corrected chi connectivity index (χ0v) is 10.6. The standard InChI is InChI=1S/C9H10ClNO5S/c1-5-3-6(17(10,13)14)4-7(15-2)8(5)16-9(11)12/h3-4H,1-2H3,(H2,11,12). The predicted molar refractivity (Wildman–Crippen MR) is 61.0 cm³/mol. The molecule has 0 aromatic heterocycles. The van der Waals surface area contributed by atoms with E-state index in [-0.39, 0.29) is 16.4 Å². The van der Waals surface area contributed by atoms with E-state index in [1.165, 1.54) is 20.1 Å². The maximum Gasteiger partial charge on any atom is 0.410 e. The Morgan fingerprint density at radius 3 is 2.41 bits per heavy atom. The monoisotopic (exact) mass is 279 g/mol. The van der Waals surface area contributed by atoms with Crippen molar-refractivity contribution >= 4 is 25.8 Å². The number of benzene rings is 1. The highest BCUT2D eigenvalue weighted by Gasteiger charge is 2.18. The molecule has 0 fully saturated rings. The van der Waals surface area contributed by atoms with Crippen molar-refractivity contribution in [2.75, 3.05) is 7.11 Å². The van der Waals surface area contributed by atoms with Crippen molar-refractivity contribution in [2.45, 2.75) is 11.8 Å². The molecule has 0 saturated heterocycles. The van der Waals surface area contributed by atoms with Gasteiger partial charge >= 0.3 is 6.09 Å². The lowest BCUT2D eigenvalue weighted by Gasteiger charge is -2.11. The first kappa shape index (κ1) is 13.6. The van der Waals surface area contributed by atoms with E-state index < -0.39 is 15.1 Å². The Kier molecular flexibility index (Phi) is 3.84. The average molecular weight is 280 g/mol. The Morgan fingerprint density at radius 1 is 1.41 bits per heavy atom. The van der Waals surface area contributed by atoms with Crippen LogP contribution in [0.3, 0.4) is 0 Å². The molecule has 1 amide bonds. The van der Waals surface area contributed by atoms with Gasteiger partial charge in [0.1, 0.15) is 0 Å². The predicted octanol–water partition coefficient (Wildman–Crippen LogP) is 1.39. The topological polar surface area (TPSA) is 95.7 Å². The molecule has 0 unspecified atom stereocenters. The molecule has 0 bridgehead atoms. The molecule has 0 atom stereocenters. The van der Waals surface area contributed by atoms with Crippen LogP contribution in [0.5, 0.6) is 11.5 Å². The van der Waals surface area contributed by atoms with Crippen LogP contribution in [0, 0.1) is 6.92 Å². The van der Waals surface area contributed by atoms with Crippen molar-refractivity contribution in [2.24, 2.45) is 5.73 Å². The van der Waals surface area contributed by atoms with E-state index in [1.54, 1.807) is 0 Å². The Hall–Kier alpha value is -1.47. The van der Waals surface area contributed by atoms with Crippen molar-refractivity contribution in [3.63, 3.8) is 0 Å². The van der Waals surface area contributed by atoms with Gasteiger partial charge < -0.3 is 15.2 Å². The lowest BCUT2D eigenvalue weighted by molar-refractivity contribution is 0.208. The van der Waals surface area contributed by atoms with Crippen LogP contribution in [0.15, 0.2) is 17.0 Å². The summed E-state index contributed by atoms with van der Waals surface area (Å²) in [6.45, 7) is 1.53. The van der Waals surface area contributed by atoms with E-state index in [0.29, 0.717) is 5.56 Å². The summed E-state index contributed by atoms with van der Waals surface area (Å²) in [4.78, 5) is 10.5. The maximum atomic E-state index is 11.2. The van der Waals surface area contributed by atoms with Crippen molar-refractivity contribution in [3.8, 4) is 11.5 Å². The number of rotatable bonds is 3. The van der Waals surface area contributed by atoms with Crippen LogP contribution in [0.2, 0.25) is 0 Å². The number of halogens is 1. The zero-order valence-electron chi connectivity index (χ0n) is 9.06. The number of carbonyl (C=O) groups excluding carboxylic acids is 1. The molecule has 0 aliphatic carbocycles. The molecule has 8 heteroatoms. The number of methoxy groups -OCH3 is 1. The Labute approximate surface area is 103 Å². The third-order valence-corrected chi connectivity index (χ3v) is 3.25. The van der Waals surface area contributed by atoms with Crippen molar-refractivity contribution in [1.29, 1.82) is 0 Å². The molecule has 0 radical (unpaired) electrons. The number of ether oxygens (including phenoxy) is 2. The van der Waals surface area contributed by atoms with Gasteiger partial charge in [-0.1, -0.05) is 0 Å². The summed E-state index contributed by atoms with van der Waals surface area (Å²) < 4.78 is 31.9. The number of aryl methyl sites for hydroxylation is 1. The van der Waals surface area contributed by atoms with Crippen molar-refractivity contribution < 1.29 is 22.7 Å². The van der Waals surface area contributed by atoms with Crippen LogP contribution in [-0.2, 0) is 9.05 Å². The average Bonchev–Trinajstić information content (AvgIpc) is 2.18. The summed E-state index contributed by atoms with van der Waals surface area (Å²) in [6, 6.07) is 2.40. The molecule has 2 N–H and O–H groups in total. The maximum absolute atomic E-state index is 11.2. The third-order valence-electron chi connectivity index (χ3n) is 1.92. The molecule has 0 heterocycles. The molecule has 94 valence electrons. The van der Waals surface area contributed by atoms with Crippen molar-refractivity contribution in [3.05, 3.63) is 17.7 Å². The minimum atomic E-state index is -3.88. The first-order chi connectivity index (χ1) is 7.75. The molecule has 6 nitrogen and oxygen atoms in total. The van der Waals surface area contributed by atoms with Gasteiger partial charge in [0, 0.05) is 16.7 Å². The summed E-state index contributed by atoms with van der Waals surface area (Å²) in [5.74, 6) is 0.118. The first-order valence-electron chi connectivity index (χ1n) is 4.36. The zero-order chi connectivity index (χ0) is 13.2. The van der Waals surface area contributed by atoms with Crippen molar-refractivity contribution in [1.82, 2.24) is 0 Å². The van der Waals surface area contributed by atoms with Gasteiger partial charge in [0.05, 0.1) is 12.0 Å². The van der Waals surface area contributed by atoms with Crippen LogP contribution in [0.4, 0.5) is 4.79 Å². The number of hydrogen-bond acceptors (Lipinski definition) is 5. The first-order valence-corrected chi connectivity index (χ1v) is 6.67. The van der Waals surface area contributed by atoms with Crippen LogP contribution in [-0.4, -0.2) is 21.6 Å². The third kappa shape index (κ3) is 3.24. The normalized spacial score (nSPS) is 11.0. The molecule has 1 rings (SSSR count). The number of hydrogen-bond donors (Lipinski definition) is 1. The van der Waals surface area contributed by atoms with Gasteiger partial charge in [-0.25, -0.2) is 13.2 Å². The number of carbonyl (C=O) groups is 1. The van der Waals surface area contributed by atoms with Gasteiger partial charge in [-0.05, 0) is 18.6 Å². The minimum Gasteiger partial charge on any atom is -0.493 e. The molecular weight excluding hydrogens is 270 g/mol. The fraction of sp³-hybridized carbons (Fsp3) is 0.222. The highest BCUT2D eigenvalue weighted by Crippen LogP contribution is 2.34. The van der Waals surface area contributed by atoms with Crippen LogP contribution < -0.4 is 15.2 Å². The number of primary amides is 1. The summed E-state index contributed by atoms with van der Waals surface area (Å²) in [6.07, 6.45) is -1.02. The van der Waals surface area contributed by atoms with E-state index in [2.05, 4.69) is 0 Å². The van der Waals surface area contributed by atoms with Gasteiger partial charge in [-0.15, -0.1) is 0 Å². The molecule has 0 aliphatic rings. The van der Waals surface area contributed by atoms with Gasteiger partial charge in [0.2, 0.25) is 0 Å². The summed E-state index contributed by atoms with van der Waals surface area (Å²) in [7, 11) is 2.62. The lowest BCUT2D eigenvalue weighted by Crippen LogP contribution is -2.17. The van der Waals surface area contributed by atoms with E-state index >= 15 is 0 Å². The van der Waals surface area contributed by atoms with Crippen LogP contribution in [0.25, 0.3) is 0 Å². The summed E-state index contributed by atoms with van der Waals surface area (Å²) in [5, 5.41) is 0. The smallest absolute Gasteiger partial charge is 0.410 e. The van der Waals surface area contributed by atoms with E-state index in [0.717, 1.165) is 6.07 Å². The van der Waals surface area contributed by atoms with Crippen LogP contribution in [0.1, 0.15) is 5.56 Å². The fourth-order valence-electron chi connectivity index (χ4n) is 1.23. The lowest BCUT2D eigenvalue weighted by atomic mass is 10.2. The molecule has 0 spiro atoms. The Bertz CT molecular complexity index is 555. The van der Waals surface area contributed by atoms with E-state index in [1.807, 2.05) is 0 Å². The summed E-state index contributed by atoms with van der Waals surface area (Å²) >= 11 is 0. The highest BCUT2D eigenvalue weighted by atomic mass is 35.7. The van der Waals surface area contributed by atoms with Gasteiger partial charge in [-0.2, -0.15) is 0 Å². The highest BCUT2D eigenvalue weighted by molar-refractivity contribution is 8.13. The molecule has 0 aliphatic heterocycles. The molecule has 17 heavy (non-hydrogen) atoms. The molecule has 1 aromatic rings. The number of amides is 1. The largest absolute Gasteiger partial charge is 0.493 e. The second-order valence-corrected chi connectivity index (χ2v) is 5.70. The SMILES string of the molecule is COc1cc(S(=O)(=O)Cl)cc(C)c1OC(N)=O. The Morgan fingerprint density at radius 2 is 2.00 bits per heavy atom. The molecular formula is C9H10ClNO5S. The fourth-order valence-corrected chi connectivity index (χ4v) is 2.07. The molecule has 1 aromatic carbocycles. The second kappa shape index (κ2) is 4.80. The van der Waals surface area contributed by atoms with E-state index in [4.69, 9.17) is 25.9 Å². The summed E-state index contributed by atoms with van der Waals surface area (Å²) in [5.41, 5.74) is 5.24. The quantitative estimate of drug-likeness (QED) is 0.844. The van der Waals surface area contributed by atoms with Crippen LogP contribution >= 0.6 is 10.7 Å². The number of nitrogens with two attached hydrogens (primary N) is 1. The van der Waals surface area contributed by atoms with Gasteiger partial charge in [-0.3, -0.25) is 0 Å². The Balaban J connectivity index is 3.41. The minimum absolute atomic E-state index is 0.0584. The molecule has 0 saturated carbocycles. The van der Waals surface area contributed by atoms with E-state index in [9.17, 15) is 13.2 Å². The second-order valence-electron chi connectivity index (χ2n) is 3.13.